The van der Waals surface area contributed by atoms with Crippen LogP contribution in [0.4, 0.5) is 9.18 Å². The maximum Gasteiger partial charge on any atom is 0.407 e. The van der Waals surface area contributed by atoms with Crippen molar-refractivity contribution in [3.63, 3.8) is 0 Å². The van der Waals surface area contributed by atoms with Gasteiger partial charge in [-0.2, -0.15) is 0 Å². The Morgan fingerprint density at radius 3 is 2.80 bits per heavy atom. The summed E-state index contributed by atoms with van der Waals surface area (Å²) in [6, 6.07) is 9.12. The van der Waals surface area contributed by atoms with Crippen molar-refractivity contribution in [2.45, 2.75) is 50.1 Å². The Bertz CT molecular complexity index is 482. The molecule has 1 amide bonds. The highest BCUT2D eigenvalue weighted by molar-refractivity contribution is 5.67. The fraction of sp³-hybridized carbons (Fsp3) is 0.533. The number of hydrogen-bond acceptors (Lipinski definition) is 2. The van der Waals surface area contributed by atoms with Gasteiger partial charge in [-0.25, -0.2) is 9.18 Å². The molecule has 0 radical (unpaired) electrons. The van der Waals surface area contributed by atoms with Gasteiger partial charge < -0.3 is 10.4 Å². The number of halogens is 1. The Morgan fingerprint density at radius 1 is 1.35 bits per heavy atom. The van der Waals surface area contributed by atoms with E-state index in [-0.39, 0.29) is 12.1 Å². The van der Waals surface area contributed by atoms with Crippen LogP contribution in [-0.2, 0) is 6.54 Å². The highest BCUT2D eigenvalue weighted by Crippen LogP contribution is 2.37. The lowest BCUT2D eigenvalue weighted by atomic mass is 9.95. The van der Waals surface area contributed by atoms with Crippen molar-refractivity contribution in [2.24, 2.45) is 0 Å². The molecule has 20 heavy (non-hydrogen) atoms. The first-order valence-electron chi connectivity index (χ1n) is 7.09. The molecule has 2 N–H and O–H groups in total. The third kappa shape index (κ3) is 2.38. The smallest absolute Gasteiger partial charge is 0.407 e. The van der Waals surface area contributed by atoms with E-state index in [1.807, 2.05) is 30.3 Å². The summed E-state index contributed by atoms with van der Waals surface area (Å²) in [5.41, 5.74) is 1.12. The highest BCUT2D eigenvalue weighted by atomic mass is 19.1. The van der Waals surface area contributed by atoms with Crippen molar-refractivity contribution in [3.05, 3.63) is 35.9 Å². The van der Waals surface area contributed by atoms with Crippen molar-refractivity contribution in [2.75, 3.05) is 0 Å². The Hall–Kier alpha value is -1.62. The van der Waals surface area contributed by atoms with Crippen LogP contribution in [0.3, 0.4) is 0 Å². The van der Waals surface area contributed by atoms with E-state index in [9.17, 15) is 9.18 Å². The minimum Gasteiger partial charge on any atom is -0.465 e. The van der Waals surface area contributed by atoms with Crippen molar-refractivity contribution in [1.82, 2.24) is 10.2 Å². The number of hydrogen-bond donors (Lipinski definition) is 2. The van der Waals surface area contributed by atoms with E-state index in [2.05, 4.69) is 5.32 Å². The molecule has 2 saturated heterocycles. The number of piperidine rings is 1. The summed E-state index contributed by atoms with van der Waals surface area (Å²) in [5.74, 6) is 0. The fourth-order valence-corrected chi connectivity index (χ4v) is 3.49. The van der Waals surface area contributed by atoms with Gasteiger partial charge in [0.2, 0.25) is 0 Å². The first-order valence-corrected chi connectivity index (χ1v) is 7.09. The molecule has 108 valence electrons. The average Bonchev–Trinajstić information content (AvgIpc) is 2.80. The Labute approximate surface area is 117 Å². The van der Waals surface area contributed by atoms with Gasteiger partial charge in [-0.15, -0.1) is 0 Å². The van der Waals surface area contributed by atoms with Crippen LogP contribution >= 0.6 is 0 Å². The second-order valence-electron chi connectivity index (χ2n) is 5.64. The summed E-state index contributed by atoms with van der Waals surface area (Å²) >= 11 is 0. The van der Waals surface area contributed by atoms with Gasteiger partial charge in [-0.3, -0.25) is 4.90 Å². The summed E-state index contributed by atoms with van der Waals surface area (Å²) in [7, 11) is 0. The normalized spacial score (nSPS) is 32.4. The molecule has 3 rings (SSSR count). The van der Waals surface area contributed by atoms with Crippen molar-refractivity contribution < 1.29 is 14.3 Å². The van der Waals surface area contributed by atoms with E-state index in [0.29, 0.717) is 19.4 Å². The molecule has 4 atom stereocenters. The second-order valence-corrected chi connectivity index (χ2v) is 5.64. The van der Waals surface area contributed by atoms with E-state index in [1.54, 1.807) is 0 Å². The SMILES string of the molecule is O=C(O)N1C2CCC1C(F)C(NCc1ccccc1)C2. The minimum absolute atomic E-state index is 0.0298. The summed E-state index contributed by atoms with van der Waals surface area (Å²) in [6.45, 7) is 0.623. The van der Waals surface area contributed by atoms with Crippen molar-refractivity contribution >= 4 is 6.09 Å². The Kier molecular flexibility index (Phi) is 3.61. The zero-order valence-electron chi connectivity index (χ0n) is 11.2. The minimum atomic E-state index is -1.12. The van der Waals surface area contributed by atoms with E-state index < -0.39 is 18.3 Å². The first-order chi connectivity index (χ1) is 9.66. The number of carbonyl (C=O) groups is 1. The Balaban J connectivity index is 1.64. The number of carboxylic acid groups (broad SMARTS) is 1. The van der Waals surface area contributed by atoms with E-state index >= 15 is 0 Å². The number of benzene rings is 1. The predicted octanol–water partition coefficient (Wildman–Crippen LogP) is 2.40. The maximum absolute atomic E-state index is 14.5. The molecule has 0 spiro atoms. The van der Waals surface area contributed by atoms with Gasteiger partial charge in [-0.05, 0) is 24.8 Å². The third-order valence-electron chi connectivity index (χ3n) is 4.46. The molecular formula is C15H19FN2O2. The van der Waals surface area contributed by atoms with Crippen LogP contribution in [-0.4, -0.2) is 40.4 Å². The van der Waals surface area contributed by atoms with Gasteiger partial charge in [0, 0.05) is 18.6 Å². The largest absolute Gasteiger partial charge is 0.465 e. The van der Waals surface area contributed by atoms with E-state index in [0.717, 1.165) is 12.0 Å². The Morgan fingerprint density at radius 2 is 2.10 bits per heavy atom. The van der Waals surface area contributed by atoms with Gasteiger partial charge >= 0.3 is 6.09 Å². The number of fused-ring (bicyclic) bond motifs is 2. The lowest BCUT2D eigenvalue weighted by molar-refractivity contribution is 0.0406. The summed E-state index contributed by atoms with van der Waals surface area (Å²) in [6.07, 6.45) is -0.116. The molecule has 0 aliphatic carbocycles. The van der Waals surface area contributed by atoms with E-state index in [4.69, 9.17) is 5.11 Å². The molecule has 1 aromatic carbocycles. The fourth-order valence-electron chi connectivity index (χ4n) is 3.49. The van der Waals surface area contributed by atoms with Crippen LogP contribution in [0, 0.1) is 0 Å². The van der Waals surface area contributed by atoms with Crippen molar-refractivity contribution in [1.29, 1.82) is 0 Å². The number of alkyl halides is 1. The van der Waals surface area contributed by atoms with Crippen molar-refractivity contribution in [3.8, 4) is 0 Å². The summed E-state index contributed by atoms with van der Waals surface area (Å²) in [4.78, 5) is 12.5. The van der Waals surface area contributed by atoms with Gasteiger partial charge in [0.1, 0.15) is 6.17 Å². The monoisotopic (exact) mass is 278 g/mol. The topological polar surface area (TPSA) is 52.6 Å². The molecule has 2 fully saturated rings. The third-order valence-corrected chi connectivity index (χ3v) is 4.46. The number of rotatable bonds is 3. The van der Waals surface area contributed by atoms with Crippen LogP contribution in [0.1, 0.15) is 24.8 Å². The maximum atomic E-state index is 14.5. The highest BCUT2D eigenvalue weighted by Gasteiger charge is 2.49. The molecule has 1 aromatic rings. The number of amides is 1. The summed E-state index contributed by atoms with van der Waals surface area (Å²) in [5, 5.41) is 12.4. The standard InChI is InChI=1S/C15H19FN2O2/c16-14-12(17-9-10-4-2-1-3-5-10)8-11-6-7-13(14)18(11)15(19)20/h1-5,11-14,17H,6-9H2,(H,19,20). The molecule has 2 aliphatic heterocycles. The molecule has 2 aliphatic rings. The molecule has 2 heterocycles. The average molecular weight is 278 g/mol. The van der Waals surface area contributed by atoms with Crippen LogP contribution in [0.2, 0.25) is 0 Å². The molecule has 4 nitrogen and oxygen atoms in total. The summed E-state index contributed by atoms with van der Waals surface area (Å²) < 4.78 is 14.5. The molecule has 0 saturated carbocycles. The van der Waals surface area contributed by atoms with Gasteiger partial charge in [0.25, 0.3) is 0 Å². The number of nitrogens with one attached hydrogen (secondary N) is 1. The van der Waals surface area contributed by atoms with E-state index in [1.165, 1.54) is 4.90 Å². The van der Waals surface area contributed by atoms with Gasteiger partial charge in [-0.1, -0.05) is 30.3 Å². The predicted molar refractivity (Wildman–Crippen MR) is 73.3 cm³/mol. The molecule has 2 bridgehead atoms. The van der Waals surface area contributed by atoms with Crippen LogP contribution < -0.4 is 5.32 Å². The molecule has 0 aromatic heterocycles. The van der Waals surface area contributed by atoms with Gasteiger partial charge in [0.15, 0.2) is 0 Å². The van der Waals surface area contributed by atoms with Crippen LogP contribution in [0.25, 0.3) is 0 Å². The van der Waals surface area contributed by atoms with Gasteiger partial charge in [0.05, 0.1) is 6.04 Å². The lowest BCUT2D eigenvalue weighted by Gasteiger charge is -2.40. The molecule has 4 unspecified atom stereocenters. The quantitative estimate of drug-likeness (QED) is 0.892. The lowest BCUT2D eigenvalue weighted by Crippen LogP contribution is -2.58. The molecular weight excluding hydrogens is 259 g/mol. The van der Waals surface area contributed by atoms with Crippen LogP contribution in [0.5, 0.6) is 0 Å². The second kappa shape index (κ2) is 5.40. The zero-order valence-corrected chi connectivity index (χ0v) is 11.2. The number of nitrogens with zero attached hydrogens (tertiary/aromatic N) is 1. The first kappa shape index (κ1) is 13.4. The molecule has 5 heteroatoms. The van der Waals surface area contributed by atoms with Crippen LogP contribution in [0.15, 0.2) is 30.3 Å². The zero-order chi connectivity index (χ0) is 14.1.